The third kappa shape index (κ3) is 3.00. The number of benzene rings is 1. The first-order valence-electron chi connectivity index (χ1n) is 6.96. The molecule has 3 rings (SSSR count). The molecular formula is C16H16BrN3S. The lowest BCUT2D eigenvalue weighted by atomic mass is 9.99. The van der Waals surface area contributed by atoms with Crippen LogP contribution in [0.4, 0.5) is 0 Å². The molecule has 1 atom stereocenters. The van der Waals surface area contributed by atoms with Crippen molar-refractivity contribution in [2.75, 3.05) is 6.54 Å². The third-order valence-electron chi connectivity index (χ3n) is 3.39. The molecule has 0 saturated heterocycles. The second-order valence-electron chi connectivity index (χ2n) is 4.83. The second kappa shape index (κ2) is 6.64. The maximum Gasteiger partial charge on any atom is 0.0937 e. The van der Waals surface area contributed by atoms with Crippen molar-refractivity contribution >= 4 is 38.3 Å². The van der Waals surface area contributed by atoms with Gasteiger partial charge in [0.2, 0.25) is 0 Å². The van der Waals surface area contributed by atoms with Gasteiger partial charge in [0.1, 0.15) is 0 Å². The predicted octanol–water partition coefficient (Wildman–Crippen LogP) is 4.54. The quantitative estimate of drug-likeness (QED) is 0.724. The summed E-state index contributed by atoms with van der Waals surface area (Å²) in [6, 6.07) is 6.32. The van der Waals surface area contributed by atoms with Gasteiger partial charge in [0.25, 0.3) is 0 Å². The Bertz CT molecular complexity index is 736. The number of halogens is 1. The summed E-state index contributed by atoms with van der Waals surface area (Å²) in [6.07, 6.45) is 4.58. The zero-order valence-electron chi connectivity index (χ0n) is 11.7. The van der Waals surface area contributed by atoms with Gasteiger partial charge in [0.05, 0.1) is 17.1 Å². The zero-order chi connectivity index (χ0) is 14.7. The zero-order valence-corrected chi connectivity index (χ0v) is 14.1. The molecule has 2 heterocycles. The maximum absolute atomic E-state index is 4.54. The minimum Gasteiger partial charge on any atom is -0.306 e. The highest BCUT2D eigenvalue weighted by molar-refractivity contribution is 9.10. The van der Waals surface area contributed by atoms with Crippen molar-refractivity contribution in [3.05, 3.63) is 57.0 Å². The largest absolute Gasteiger partial charge is 0.306 e. The van der Waals surface area contributed by atoms with Gasteiger partial charge in [-0.2, -0.15) is 11.3 Å². The minimum atomic E-state index is 0.131. The topological polar surface area (TPSA) is 37.8 Å². The van der Waals surface area contributed by atoms with Crippen molar-refractivity contribution in [3.63, 3.8) is 0 Å². The highest BCUT2D eigenvalue weighted by atomic mass is 79.9. The molecule has 0 aliphatic rings. The highest BCUT2D eigenvalue weighted by Gasteiger charge is 2.19. The van der Waals surface area contributed by atoms with Crippen molar-refractivity contribution in [1.29, 1.82) is 0 Å². The fraction of sp³-hybridized carbons (Fsp3) is 0.250. The van der Waals surface area contributed by atoms with E-state index in [1.54, 1.807) is 23.7 Å². The van der Waals surface area contributed by atoms with E-state index in [9.17, 15) is 0 Å². The first-order valence-corrected chi connectivity index (χ1v) is 8.69. The number of fused-ring (bicyclic) bond motifs is 1. The van der Waals surface area contributed by atoms with Crippen molar-refractivity contribution < 1.29 is 0 Å². The molecule has 1 aromatic carbocycles. The smallest absolute Gasteiger partial charge is 0.0937 e. The van der Waals surface area contributed by atoms with Crippen LogP contribution in [0.25, 0.3) is 11.0 Å². The van der Waals surface area contributed by atoms with Crippen LogP contribution in [0.1, 0.15) is 30.5 Å². The Labute approximate surface area is 136 Å². The standard InChI is InChI=1S/C16H16BrN3S/c1-2-6-19-15(12-9-21-10-13(12)17)11-4-3-5-14-16(11)20-8-7-18-14/h3-5,7-10,15,19H,2,6H2,1H3. The van der Waals surface area contributed by atoms with E-state index >= 15 is 0 Å². The summed E-state index contributed by atoms with van der Waals surface area (Å²) in [5.41, 5.74) is 4.33. The number of hydrogen-bond acceptors (Lipinski definition) is 4. The van der Waals surface area contributed by atoms with Crippen molar-refractivity contribution in [2.24, 2.45) is 0 Å². The van der Waals surface area contributed by atoms with E-state index in [0.29, 0.717) is 0 Å². The van der Waals surface area contributed by atoms with Gasteiger partial charge in [0.15, 0.2) is 0 Å². The number of thiophene rings is 1. The van der Waals surface area contributed by atoms with Gasteiger partial charge in [-0.1, -0.05) is 19.1 Å². The second-order valence-corrected chi connectivity index (χ2v) is 6.43. The van der Waals surface area contributed by atoms with Gasteiger partial charge >= 0.3 is 0 Å². The van der Waals surface area contributed by atoms with Gasteiger partial charge in [-0.15, -0.1) is 0 Å². The van der Waals surface area contributed by atoms with E-state index in [1.807, 2.05) is 12.1 Å². The van der Waals surface area contributed by atoms with Crippen LogP contribution in [-0.2, 0) is 0 Å². The highest BCUT2D eigenvalue weighted by Crippen LogP contribution is 2.33. The molecule has 0 amide bonds. The Morgan fingerprint density at radius 2 is 2.05 bits per heavy atom. The van der Waals surface area contributed by atoms with Gasteiger partial charge in [0, 0.05) is 27.8 Å². The molecule has 21 heavy (non-hydrogen) atoms. The number of rotatable bonds is 5. The molecule has 5 heteroatoms. The van der Waals surface area contributed by atoms with Gasteiger partial charge in [-0.3, -0.25) is 9.97 Å². The Balaban J connectivity index is 2.12. The van der Waals surface area contributed by atoms with E-state index in [2.05, 4.69) is 55.0 Å². The average Bonchev–Trinajstić information content (AvgIpc) is 2.94. The lowest BCUT2D eigenvalue weighted by molar-refractivity contribution is 0.600. The summed E-state index contributed by atoms with van der Waals surface area (Å²) < 4.78 is 1.14. The molecule has 0 bridgehead atoms. The van der Waals surface area contributed by atoms with Crippen molar-refractivity contribution in [1.82, 2.24) is 15.3 Å². The van der Waals surface area contributed by atoms with Crippen LogP contribution in [0.2, 0.25) is 0 Å². The number of para-hydroxylation sites is 1. The number of aromatic nitrogens is 2. The minimum absolute atomic E-state index is 0.131. The normalized spacial score (nSPS) is 12.7. The first kappa shape index (κ1) is 14.6. The molecule has 3 nitrogen and oxygen atoms in total. The van der Waals surface area contributed by atoms with E-state index in [1.165, 1.54) is 11.1 Å². The molecule has 0 fully saturated rings. The van der Waals surface area contributed by atoms with E-state index in [-0.39, 0.29) is 6.04 Å². The monoisotopic (exact) mass is 361 g/mol. The summed E-state index contributed by atoms with van der Waals surface area (Å²) in [7, 11) is 0. The van der Waals surface area contributed by atoms with Crippen LogP contribution < -0.4 is 5.32 Å². The molecule has 1 N–H and O–H groups in total. The number of hydrogen-bond donors (Lipinski definition) is 1. The molecule has 0 saturated carbocycles. The number of nitrogens with one attached hydrogen (secondary N) is 1. The predicted molar refractivity (Wildman–Crippen MR) is 91.7 cm³/mol. The van der Waals surface area contributed by atoms with Crippen LogP contribution in [0.15, 0.2) is 45.8 Å². The summed E-state index contributed by atoms with van der Waals surface area (Å²) in [5, 5.41) is 7.93. The lowest BCUT2D eigenvalue weighted by Gasteiger charge is -2.20. The molecule has 2 aromatic heterocycles. The molecule has 3 aromatic rings. The third-order valence-corrected chi connectivity index (χ3v) is 5.14. The lowest BCUT2D eigenvalue weighted by Crippen LogP contribution is -2.23. The van der Waals surface area contributed by atoms with Crippen LogP contribution >= 0.6 is 27.3 Å². The van der Waals surface area contributed by atoms with E-state index in [0.717, 1.165) is 28.5 Å². The molecule has 108 valence electrons. The van der Waals surface area contributed by atoms with E-state index < -0.39 is 0 Å². The Hall–Kier alpha value is -1.30. The molecule has 1 unspecified atom stereocenters. The molecule has 0 radical (unpaired) electrons. The summed E-state index contributed by atoms with van der Waals surface area (Å²) in [5.74, 6) is 0. The molecule has 0 spiro atoms. The molecule has 0 aliphatic heterocycles. The van der Waals surface area contributed by atoms with Crippen molar-refractivity contribution in [3.8, 4) is 0 Å². The Morgan fingerprint density at radius 3 is 2.81 bits per heavy atom. The summed E-state index contributed by atoms with van der Waals surface area (Å²) in [4.78, 5) is 8.94. The van der Waals surface area contributed by atoms with Crippen LogP contribution in [0, 0.1) is 0 Å². The maximum atomic E-state index is 4.54. The van der Waals surface area contributed by atoms with Gasteiger partial charge in [-0.25, -0.2) is 0 Å². The van der Waals surface area contributed by atoms with E-state index in [4.69, 9.17) is 0 Å². The Morgan fingerprint density at radius 1 is 1.19 bits per heavy atom. The van der Waals surface area contributed by atoms with Gasteiger partial charge < -0.3 is 5.32 Å². The fourth-order valence-corrected chi connectivity index (χ4v) is 3.97. The Kier molecular flexibility index (Phi) is 4.63. The first-order chi connectivity index (χ1) is 10.3. The average molecular weight is 362 g/mol. The molecular weight excluding hydrogens is 346 g/mol. The summed E-state index contributed by atoms with van der Waals surface area (Å²) >= 11 is 5.36. The van der Waals surface area contributed by atoms with Crippen LogP contribution in [0.5, 0.6) is 0 Å². The molecule has 0 aliphatic carbocycles. The van der Waals surface area contributed by atoms with Crippen molar-refractivity contribution in [2.45, 2.75) is 19.4 Å². The van der Waals surface area contributed by atoms with Crippen LogP contribution in [0.3, 0.4) is 0 Å². The SMILES string of the molecule is CCCNC(c1cscc1Br)c1cccc2nccnc12. The summed E-state index contributed by atoms with van der Waals surface area (Å²) in [6.45, 7) is 3.14. The van der Waals surface area contributed by atoms with Crippen LogP contribution in [-0.4, -0.2) is 16.5 Å². The van der Waals surface area contributed by atoms with Gasteiger partial charge in [-0.05, 0) is 45.9 Å². The number of nitrogens with zero attached hydrogens (tertiary/aromatic N) is 2. The fourth-order valence-electron chi connectivity index (χ4n) is 2.42.